The molecule has 0 atom stereocenters. The first-order valence-electron chi connectivity index (χ1n) is 7.96. The van der Waals surface area contributed by atoms with E-state index in [1.54, 1.807) is 18.2 Å². The van der Waals surface area contributed by atoms with Crippen LogP contribution in [0.25, 0.3) is 0 Å². The summed E-state index contributed by atoms with van der Waals surface area (Å²) in [6.45, 7) is 0.932. The third-order valence-electron chi connectivity index (χ3n) is 3.75. The van der Waals surface area contributed by atoms with Crippen LogP contribution in [0.4, 0.5) is 5.69 Å². The number of hydrogen-bond donors (Lipinski definition) is 1. The molecule has 0 amide bonds. The van der Waals surface area contributed by atoms with Gasteiger partial charge in [-0.2, -0.15) is 0 Å². The maximum atomic E-state index is 6.07. The van der Waals surface area contributed by atoms with Gasteiger partial charge in [-0.25, -0.2) is 0 Å². The lowest BCUT2D eigenvalue weighted by Gasteiger charge is -2.14. The van der Waals surface area contributed by atoms with E-state index in [0.29, 0.717) is 33.2 Å². The van der Waals surface area contributed by atoms with Gasteiger partial charge < -0.3 is 10.1 Å². The van der Waals surface area contributed by atoms with E-state index in [-0.39, 0.29) is 0 Å². The number of ether oxygens (including phenoxy) is 1. The molecule has 0 spiro atoms. The van der Waals surface area contributed by atoms with Crippen molar-refractivity contribution >= 4 is 68.0 Å². The van der Waals surface area contributed by atoms with E-state index in [0.717, 1.165) is 27.0 Å². The summed E-state index contributed by atoms with van der Waals surface area (Å²) in [4.78, 5) is 0. The third kappa shape index (κ3) is 5.94. The lowest BCUT2D eigenvalue weighted by Crippen LogP contribution is -2.04. The van der Waals surface area contributed by atoms with Crippen molar-refractivity contribution in [2.75, 3.05) is 5.32 Å². The molecular formula is C20H14BrCl4NO. The molecule has 7 heteroatoms. The van der Waals surface area contributed by atoms with Crippen LogP contribution in [0.1, 0.15) is 11.1 Å². The summed E-state index contributed by atoms with van der Waals surface area (Å²) in [5.41, 5.74) is 2.76. The Labute approximate surface area is 186 Å². The van der Waals surface area contributed by atoms with Gasteiger partial charge in [-0.15, -0.1) is 0 Å². The van der Waals surface area contributed by atoms with Crippen LogP contribution in [0.5, 0.6) is 5.75 Å². The molecular weight excluding hydrogens is 492 g/mol. The molecule has 1 N–H and O–H groups in total. The van der Waals surface area contributed by atoms with Gasteiger partial charge in [0, 0.05) is 32.3 Å². The first-order chi connectivity index (χ1) is 12.9. The van der Waals surface area contributed by atoms with Gasteiger partial charge >= 0.3 is 0 Å². The SMILES string of the molecule is Clc1cc(Cl)cc(NCc2cc(Br)ccc2OCc2ccc(Cl)c(Cl)c2)c1. The minimum atomic E-state index is 0.383. The zero-order valence-corrected chi connectivity index (χ0v) is 18.5. The lowest BCUT2D eigenvalue weighted by molar-refractivity contribution is 0.303. The molecule has 3 aromatic carbocycles. The maximum Gasteiger partial charge on any atom is 0.124 e. The fourth-order valence-corrected chi connectivity index (χ4v) is 3.73. The minimum absolute atomic E-state index is 0.383. The molecule has 0 fully saturated rings. The number of hydrogen-bond acceptors (Lipinski definition) is 2. The van der Waals surface area contributed by atoms with Gasteiger partial charge in [0.25, 0.3) is 0 Å². The molecule has 0 aromatic heterocycles. The smallest absolute Gasteiger partial charge is 0.124 e. The molecule has 3 rings (SSSR count). The van der Waals surface area contributed by atoms with E-state index in [4.69, 9.17) is 51.1 Å². The molecule has 27 heavy (non-hydrogen) atoms. The van der Waals surface area contributed by atoms with E-state index >= 15 is 0 Å². The Bertz CT molecular complexity index is 944. The average molecular weight is 506 g/mol. The van der Waals surface area contributed by atoms with Gasteiger partial charge in [-0.05, 0) is 54.1 Å². The summed E-state index contributed by atoms with van der Waals surface area (Å²) in [5.74, 6) is 0.768. The third-order valence-corrected chi connectivity index (χ3v) is 5.42. The molecule has 0 heterocycles. The summed E-state index contributed by atoms with van der Waals surface area (Å²) in [6, 6.07) is 16.6. The lowest BCUT2D eigenvalue weighted by atomic mass is 10.2. The largest absolute Gasteiger partial charge is 0.489 e. The Morgan fingerprint density at radius 3 is 2.26 bits per heavy atom. The van der Waals surface area contributed by atoms with Crippen LogP contribution in [0.3, 0.4) is 0 Å². The number of nitrogens with one attached hydrogen (secondary N) is 1. The second-order valence-electron chi connectivity index (χ2n) is 5.80. The summed E-state index contributed by atoms with van der Waals surface area (Å²) in [5, 5.41) is 5.50. The fourth-order valence-electron chi connectivity index (χ4n) is 2.47. The molecule has 0 aliphatic rings. The van der Waals surface area contributed by atoms with Crippen LogP contribution in [0.15, 0.2) is 59.1 Å². The van der Waals surface area contributed by atoms with Crippen molar-refractivity contribution in [2.45, 2.75) is 13.2 Å². The van der Waals surface area contributed by atoms with Gasteiger partial charge in [-0.3, -0.25) is 0 Å². The first kappa shape index (κ1) is 20.6. The molecule has 0 bridgehead atoms. The van der Waals surface area contributed by atoms with Crippen molar-refractivity contribution in [1.82, 2.24) is 0 Å². The quantitative estimate of drug-likeness (QED) is 0.364. The predicted octanol–water partition coefficient (Wildman–Crippen LogP) is 8.25. The highest BCUT2D eigenvalue weighted by Crippen LogP contribution is 2.28. The topological polar surface area (TPSA) is 21.3 Å². The molecule has 0 aliphatic heterocycles. The Morgan fingerprint density at radius 2 is 1.56 bits per heavy atom. The van der Waals surface area contributed by atoms with Crippen molar-refractivity contribution < 1.29 is 4.74 Å². The first-order valence-corrected chi connectivity index (χ1v) is 10.3. The van der Waals surface area contributed by atoms with Crippen molar-refractivity contribution in [2.24, 2.45) is 0 Å². The fraction of sp³-hybridized carbons (Fsp3) is 0.100. The van der Waals surface area contributed by atoms with Gasteiger partial charge in [0.2, 0.25) is 0 Å². The van der Waals surface area contributed by atoms with E-state index in [1.165, 1.54) is 0 Å². The summed E-state index contributed by atoms with van der Waals surface area (Å²) in [7, 11) is 0. The van der Waals surface area contributed by atoms with E-state index in [9.17, 15) is 0 Å². The molecule has 0 radical (unpaired) electrons. The standard InChI is InChI=1S/C20H14BrCl4NO/c21-14-2-4-20(27-11-12-1-3-18(24)19(25)5-12)13(6-14)10-26-17-8-15(22)7-16(23)9-17/h1-9,26H,10-11H2. The van der Waals surface area contributed by atoms with Gasteiger partial charge in [0.05, 0.1) is 10.0 Å². The van der Waals surface area contributed by atoms with Crippen LogP contribution in [-0.4, -0.2) is 0 Å². The second-order valence-corrected chi connectivity index (χ2v) is 8.40. The Kier molecular flexibility index (Phi) is 7.18. The minimum Gasteiger partial charge on any atom is -0.489 e. The number of rotatable bonds is 6. The number of anilines is 1. The summed E-state index contributed by atoms with van der Waals surface area (Å²) >= 11 is 27.6. The summed E-state index contributed by atoms with van der Waals surface area (Å²) in [6.07, 6.45) is 0. The molecule has 0 saturated carbocycles. The molecule has 2 nitrogen and oxygen atoms in total. The van der Waals surface area contributed by atoms with Crippen LogP contribution in [0.2, 0.25) is 20.1 Å². The molecule has 3 aromatic rings. The molecule has 140 valence electrons. The number of benzene rings is 3. The van der Waals surface area contributed by atoms with Crippen LogP contribution in [-0.2, 0) is 13.2 Å². The average Bonchev–Trinajstić information content (AvgIpc) is 2.61. The zero-order valence-electron chi connectivity index (χ0n) is 13.9. The monoisotopic (exact) mass is 503 g/mol. The van der Waals surface area contributed by atoms with Crippen molar-refractivity contribution in [1.29, 1.82) is 0 Å². The number of halogens is 5. The second kappa shape index (κ2) is 9.40. The summed E-state index contributed by atoms with van der Waals surface area (Å²) < 4.78 is 6.96. The van der Waals surface area contributed by atoms with Crippen molar-refractivity contribution in [3.8, 4) is 5.75 Å². The van der Waals surface area contributed by atoms with Crippen LogP contribution >= 0.6 is 62.3 Å². The molecule has 0 aliphatic carbocycles. The van der Waals surface area contributed by atoms with Crippen LogP contribution in [0, 0.1) is 0 Å². The Balaban J connectivity index is 1.73. The Hall–Kier alpha value is -1.10. The normalized spacial score (nSPS) is 10.7. The Morgan fingerprint density at radius 1 is 0.815 bits per heavy atom. The van der Waals surface area contributed by atoms with Gasteiger partial charge in [0.1, 0.15) is 12.4 Å². The van der Waals surface area contributed by atoms with Crippen molar-refractivity contribution in [3.63, 3.8) is 0 Å². The molecule has 0 unspecified atom stereocenters. The molecule has 0 saturated heterocycles. The van der Waals surface area contributed by atoms with Crippen LogP contribution < -0.4 is 10.1 Å². The highest BCUT2D eigenvalue weighted by molar-refractivity contribution is 9.10. The highest BCUT2D eigenvalue weighted by atomic mass is 79.9. The van der Waals surface area contributed by atoms with E-state index in [1.807, 2.05) is 36.4 Å². The van der Waals surface area contributed by atoms with E-state index in [2.05, 4.69) is 21.2 Å². The van der Waals surface area contributed by atoms with Gasteiger partial charge in [0.15, 0.2) is 0 Å². The highest BCUT2D eigenvalue weighted by Gasteiger charge is 2.07. The van der Waals surface area contributed by atoms with Crippen molar-refractivity contribution in [3.05, 3.63) is 90.3 Å². The zero-order chi connectivity index (χ0) is 19.4. The predicted molar refractivity (Wildman–Crippen MR) is 119 cm³/mol. The van der Waals surface area contributed by atoms with Gasteiger partial charge in [-0.1, -0.05) is 68.4 Å². The van der Waals surface area contributed by atoms with E-state index < -0.39 is 0 Å². The maximum absolute atomic E-state index is 6.07.